The van der Waals surface area contributed by atoms with Crippen LogP contribution in [0.4, 0.5) is 10.3 Å². The summed E-state index contributed by atoms with van der Waals surface area (Å²) in [5.74, 6) is -0.707. The largest absolute Gasteiger partial charge is 0.460 e. The molecule has 0 fully saturated rings. The number of benzene rings is 1. The second-order valence-corrected chi connectivity index (χ2v) is 5.16. The van der Waals surface area contributed by atoms with Gasteiger partial charge in [-0.25, -0.2) is 9.18 Å². The van der Waals surface area contributed by atoms with E-state index in [0.29, 0.717) is 11.6 Å². The van der Waals surface area contributed by atoms with E-state index in [1.165, 1.54) is 17.9 Å². The van der Waals surface area contributed by atoms with Crippen LogP contribution in [0.3, 0.4) is 0 Å². The standard InChI is InChI=1S/C15H16FN5O3/c1-9-12(14(22)24-8-7-23-2)13(10-5-3-4-6-11(10)16)21-15(17-9)18-19-20-21/h3-6,13H,7-8H2,1-2H3,(H,17,18,20)/t13-/m1/s1. The van der Waals surface area contributed by atoms with Gasteiger partial charge in [-0.2, -0.15) is 4.68 Å². The number of methoxy groups -OCH3 is 1. The van der Waals surface area contributed by atoms with Crippen LogP contribution in [0.25, 0.3) is 0 Å². The molecule has 3 rings (SSSR count). The molecule has 126 valence electrons. The molecule has 0 saturated carbocycles. The maximum Gasteiger partial charge on any atom is 0.338 e. The summed E-state index contributed by atoms with van der Waals surface area (Å²) in [6.45, 7) is 2.06. The van der Waals surface area contributed by atoms with Gasteiger partial charge in [0.2, 0.25) is 5.95 Å². The minimum atomic E-state index is -0.813. The van der Waals surface area contributed by atoms with Crippen LogP contribution in [-0.4, -0.2) is 46.5 Å². The molecule has 1 aromatic carbocycles. The highest BCUT2D eigenvalue weighted by molar-refractivity contribution is 5.92. The predicted octanol–water partition coefficient (Wildman–Crippen LogP) is 1.29. The van der Waals surface area contributed by atoms with Gasteiger partial charge >= 0.3 is 5.97 Å². The van der Waals surface area contributed by atoms with E-state index in [1.807, 2.05) is 0 Å². The Hall–Kier alpha value is -2.81. The van der Waals surface area contributed by atoms with Gasteiger partial charge < -0.3 is 14.8 Å². The van der Waals surface area contributed by atoms with Crippen molar-refractivity contribution < 1.29 is 18.7 Å². The lowest BCUT2D eigenvalue weighted by Gasteiger charge is -2.27. The smallest absolute Gasteiger partial charge is 0.338 e. The average molecular weight is 333 g/mol. The summed E-state index contributed by atoms with van der Waals surface area (Å²) < 4.78 is 25.8. The number of hydrogen-bond donors (Lipinski definition) is 1. The second-order valence-electron chi connectivity index (χ2n) is 5.16. The third kappa shape index (κ3) is 2.85. The zero-order valence-electron chi connectivity index (χ0n) is 13.2. The number of fused-ring (bicyclic) bond motifs is 1. The summed E-state index contributed by atoms with van der Waals surface area (Å²) in [5, 5.41) is 14.2. The summed E-state index contributed by atoms with van der Waals surface area (Å²) in [6, 6.07) is 5.37. The molecule has 0 spiro atoms. The van der Waals surface area contributed by atoms with Crippen molar-refractivity contribution in [1.29, 1.82) is 0 Å². The maximum absolute atomic E-state index is 14.3. The fourth-order valence-corrected chi connectivity index (χ4v) is 2.56. The van der Waals surface area contributed by atoms with Crippen molar-refractivity contribution in [2.45, 2.75) is 13.0 Å². The van der Waals surface area contributed by atoms with Crippen LogP contribution < -0.4 is 5.32 Å². The molecule has 0 radical (unpaired) electrons. The first-order valence-corrected chi connectivity index (χ1v) is 7.29. The van der Waals surface area contributed by atoms with Gasteiger partial charge in [-0.1, -0.05) is 23.3 Å². The van der Waals surface area contributed by atoms with Crippen LogP contribution in [0, 0.1) is 5.82 Å². The summed E-state index contributed by atoms with van der Waals surface area (Å²) in [6.07, 6.45) is 0. The van der Waals surface area contributed by atoms with Gasteiger partial charge in [0.25, 0.3) is 0 Å². The first kappa shape index (κ1) is 16.1. The number of allylic oxidation sites excluding steroid dienone is 1. The first-order valence-electron chi connectivity index (χ1n) is 7.29. The molecule has 0 unspecified atom stereocenters. The summed E-state index contributed by atoms with van der Waals surface area (Å²) in [4.78, 5) is 12.5. The maximum atomic E-state index is 14.3. The summed E-state index contributed by atoms with van der Waals surface area (Å²) >= 11 is 0. The predicted molar refractivity (Wildman–Crippen MR) is 81.5 cm³/mol. The van der Waals surface area contributed by atoms with Crippen LogP contribution in [0.1, 0.15) is 18.5 Å². The summed E-state index contributed by atoms with van der Waals surface area (Å²) in [7, 11) is 1.51. The Labute approximate surface area is 137 Å². The lowest BCUT2D eigenvalue weighted by molar-refractivity contribution is -0.140. The van der Waals surface area contributed by atoms with E-state index in [0.717, 1.165) is 0 Å². The van der Waals surface area contributed by atoms with Crippen LogP contribution in [0.15, 0.2) is 35.5 Å². The number of carbonyl (C=O) groups excluding carboxylic acids is 1. The number of nitrogens with zero attached hydrogens (tertiary/aromatic N) is 4. The fourth-order valence-electron chi connectivity index (χ4n) is 2.56. The molecule has 1 aromatic heterocycles. The highest BCUT2D eigenvalue weighted by atomic mass is 19.1. The number of nitrogens with one attached hydrogen (secondary N) is 1. The van der Waals surface area contributed by atoms with Crippen molar-refractivity contribution in [2.24, 2.45) is 0 Å². The van der Waals surface area contributed by atoms with E-state index in [2.05, 4.69) is 20.8 Å². The molecule has 1 N–H and O–H groups in total. The minimum absolute atomic E-state index is 0.0958. The van der Waals surface area contributed by atoms with Crippen molar-refractivity contribution in [3.05, 3.63) is 46.9 Å². The number of anilines is 1. The fraction of sp³-hybridized carbons (Fsp3) is 0.333. The highest BCUT2D eigenvalue weighted by Gasteiger charge is 2.36. The molecular weight excluding hydrogens is 317 g/mol. The van der Waals surface area contributed by atoms with Crippen LogP contribution >= 0.6 is 0 Å². The Morgan fingerprint density at radius 3 is 2.92 bits per heavy atom. The van der Waals surface area contributed by atoms with E-state index >= 15 is 0 Å². The van der Waals surface area contributed by atoms with Crippen molar-refractivity contribution >= 4 is 11.9 Å². The molecule has 0 bridgehead atoms. The molecule has 0 aliphatic carbocycles. The quantitative estimate of drug-likeness (QED) is 0.651. The summed E-state index contributed by atoms with van der Waals surface area (Å²) in [5.41, 5.74) is 1.04. The van der Waals surface area contributed by atoms with Gasteiger partial charge in [0.1, 0.15) is 18.5 Å². The van der Waals surface area contributed by atoms with E-state index in [9.17, 15) is 9.18 Å². The van der Waals surface area contributed by atoms with E-state index in [4.69, 9.17) is 9.47 Å². The van der Waals surface area contributed by atoms with Crippen LogP contribution in [0.5, 0.6) is 0 Å². The molecule has 1 atom stereocenters. The van der Waals surface area contributed by atoms with Crippen LogP contribution in [0.2, 0.25) is 0 Å². The van der Waals surface area contributed by atoms with E-state index in [1.54, 1.807) is 25.1 Å². The number of rotatable bonds is 5. The third-order valence-electron chi connectivity index (χ3n) is 3.65. The molecule has 2 aromatic rings. The molecule has 1 aliphatic rings. The Kier molecular flexibility index (Phi) is 4.52. The monoisotopic (exact) mass is 333 g/mol. The highest BCUT2D eigenvalue weighted by Crippen LogP contribution is 2.35. The zero-order valence-corrected chi connectivity index (χ0v) is 13.2. The van der Waals surface area contributed by atoms with Gasteiger partial charge in [-0.05, 0) is 23.4 Å². The van der Waals surface area contributed by atoms with Crippen LogP contribution in [-0.2, 0) is 14.3 Å². The van der Waals surface area contributed by atoms with E-state index < -0.39 is 17.8 Å². The van der Waals surface area contributed by atoms with Crippen molar-refractivity contribution in [3.63, 3.8) is 0 Å². The zero-order chi connectivity index (χ0) is 17.1. The van der Waals surface area contributed by atoms with Gasteiger partial charge in [0, 0.05) is 18.4 Å². The number of halogens is 1. The number of hydrogen-bond acceptors (Lipinski definition) is 7. The molecule has 0 amide bonds. The Morgan fingerprint density at radius 1 is 1.38 bits per heavy atom. The average Bonchev–Trinajstić information content (AvgIpc) is 3.02. The SMILES string of the molecule is COCCOC(=O)C1=C(C)Nc2nnnn2[C@@H]1c1ccccc1F. The number of tetrazole rings is 1. The number of ether oxygens (including phenoxy) is 2. The lowest BCUT2D eigenvalue weighted by Crippen LogP contribution is -2.30. The van der Waals surface area contributed by atoms with Crippen molar-refractivity contribution in [1.82, 2.24) is 20.2 Å². The van der Waals surface area contributed by atoms with Gasteiger partial charge in [-0.3, -0.25) is 0 Å². The first-order chi connectivity index (χ1) is 11.6. The molecule has 2 heterocycles. The molecule has 9 heteroatoms. The molecule has 1 aliphatic heterocycles. The lowest BCUT2D eigenvalue weighted by atomic mass is 9.95. The third-order valence-corrected chi connectivity index (χ3v) is 3.65. The van der Waals surface area contributed by atoms with Crippen molar-refractivity contribution in [3.8, 4) is 0 Å². The number of carbonyl (C=O) groups is 1. The Bertz CT molecular complexity index is 789. The van der Waals surface area contributed by atoms with E-state index in [-0.39, 0.29) is 24.4 Å². The molecule has 0 saturated heterocycles. The normalized spacial score (nSPS) is 16.5. The van der Waals surface area contributed by atoms with Crippen molar-refractivity contribution in [2.75, 3.05) is 25.6 Å². The number of esters is 1. The second kappa shape index (κ2) is 6.75. The molecule has 8 nitrogen and oxygen atoms in total. The van der Waals surface area contributed by atoms with Gasteiger partial charge in [-0.15, -0.1) is 0 Å². The van der Waals surface area contributed by atoms with Gasteiger partial charge in [0.05, 0.1) is 12.2 Å². The Morgan fingerprint density at radius 2 is 2.17 bits per heavy atom. The Balaban J connectivity index is 2.04. The topological polar surface area (TPSA) is 91.2 Å². The number of aromatic nitrogens is 4. The van der Waals surface area contributed by atoms with Gasteiger partial charge in [0.15, 0.2) is 0 Å². The molecule has 24 heavy (non-hydrogen) atoms. The molecular formula is C15H16FN5O3. The minimum Gasteiger partial charge on any atom is -0.460 e.